The summed E-state index contributed by atoms with van der Waals surface area (Å²) in [6, 6.07) is 18.8. The van der Waals surface area contributed by atoms with Crippen LogP contribution in [0.5, 0.6) is 23.1 Å². The van der Waals surface area contributed by atoms with Crippen LogP contribution in [0.3, 0.4) is 0 Å². The molecule has 36 heavy (non-hydrogen) atoms. The van der Waals surface area contributed by atoms with Gasteiger partial charge in [-0.3, -0.25) is 0 Å². The zero-order valence-corrected chi connectivity index (χ0v) is 20.1. The first kappa shape index (κ1) is 25.2. The first-order valence-electron chi connectivity index (χ1n) is 11.1. The van der Waals surface area contributed by atoms with Gasteiger partial charge in [0, 0.05) is 18.7 Å². The SMILES string of the molecule is CC(Cc1ccc(Oc2nonc2S(=O)(=O)c2ccccc2)cc1)NCC(O)c1cc(O)cc(O)c1. The Hall–Kier alpha value is -3.93. The van der Waals surface area contributed by atoms with E-state index >= 15 is 0 Å². The number of ether oxygens (including phenoxy) is 1. The molecule has 0 aliphatic heterocycles. The van der Waals surface area contributed by atoms with E-state index in [1.165, 1.54) is 30.3 Å². The van der Waals surface area contributed by atoms with Crippen molar-refractivity contribution in [3.63, 3.8) is 0 Å². The number of phenolic OH excluding ortho intramolecular Hbond substituents is 2. The summed E-state index contributed by atoms with van der Waals surface area (Å²) >= 11 is 0. The molecule has 11 heteroatoms. The number of nitrogens with zero attached hydrogens (tertiary/aromatic N) is 2. The Balaban J connectivity index is 1.35. The first-order chi connectivity index (χ1) is 17.2. The zero-order chi connectivity index (χ0) is 25.7. The maximum atomic E-state index is 12.8. The second kappa shape index (κ2) is 10.8. The highest BCUT2D eigenvalue weighted by Crippen LogP contribution is 2.30. The number of phenols is 2. The number of benzene rings is 3. The van der Waals surface area contributed by atoms with Gasteiger partial charge in [0.05, 0.1) is 11.0 Å². The third kappa shape index (κ3) is 6.00. The van der Waals surface area contributed by atoms with E-state index in [4.69, 9.17) is 4.74 Å². The molecule has 0 saturated carbocycles. The van der Waals surface area contributed by atoms with Gasteiger partial charge in [-0.05, 0) is 71.2 Å². The molecule has 0 saturated heterocycles. The molecule has 4 aromatic rings. The van der Waals surface area contributed by atoms with Gasteiger partial charge in [0.25, 0.3) is 5.03 Å². The van der Waals surface area contributed by atoms with Gasteiger partial charge in [-0.15, -0.1) is 0 Å². The average molecular weight is 512 g/mol. The second-order valence-electron chi connectivity index (χ2n) is 8.25. The van der Waals surface area contributed by atoms with Crippen LogP contribution in [0.25, 0.3) is 0 Å². The summed E-state index contributed by atoms with van der Waals surface area (Å²) in [5.74, 6) is -0.136. The third-order valence-electron chi connectivity index (χ3n) is 5.39. The van der Waals surface area contributed by atoms with Crippen LogP contribution in [0.15, 0.2) is 87.3 Å². The van der Waals surface area contributed by atoms with Gasteiger partial charge in [-0.2, -0.15) is 0 Å². The topological polar surface area (TPSA) is 155 Å². The van der Waals surface area contributed by atoms with Crippen molar-refractivity contribution in [1.29, 1.82) is 0 Å². The lowest BCUT2D eigenvalue weighted by Crippen LogP contribution is -2.32. The lowest BCUT2D eigenvalue weighted by atomic mass is 10.1. The van der Waals surface area contributed by atoms with Crippen LogP contribution in [-0.2, 0) is 16.3 Å². The minimum Gasteiger partial charge on any atom is -0.508 e. The number of nitrogens with one attached hydrogen (secondary N) is 1. The standard InChI is InChI=1S/C25H25N3O7S/c1-16(26-15-23(31)18-12-19(29)14-20(30)13-18)11-17-7-9-21(10-8-17)34-24-25(28-35-27-24)36(32,33)22-5-3-2-4-6-22/h2-10,12-14,16,23,26,29-31H,11,15H2,1H3. The molecule has 2 atom stereocenters. The lowest BCUT2D eigenvalue weighted by Gasteiger charge is -2.18. The van der Waals surface area contributed by atoms with Crippen molar-refractivity contribution in [3.8, 4) is 23.1 Å². The van der Waals surface area contributed by atoms with Crippen LogP contribution in [0.1, 0.15) is 24.2 Å². The molecule has 10 nitrogen and oxygen atoms in total. The fourth-order valence-electron chi connectivity index (χ4n) is 3.58. The predicted octanol–water partition coefficient (Wildman–Crippen LogP) is 3.36. The summed E-state index contributed by atoms with van der Waals surface area (Å²) in [5, 5.41) is 39.4. The average Bonchev–Trinajstić information content (AvgIpc) is 3.33. The van der Waals surface area contributed by atoms with Crippen LogP contribution in [0.2, 0.25) is 0 Å². The van der Waals surface area contributed by atoms with E-state index in [1.54, 1.807) is 30.3 Å². The molecule has 1 heterocycles. The second-order valence-corrected chi connectivity index (χ2v) is 10.1. The summed E-state index contributed by atoms with van der Waals surface area (Å²) in [7, 11) is -3.96. The maximum absolute atomic E-state index is 12.8. The number of hydrogen-bond acceptors (Lipinski definition) is 10. The minimum atomic E-state index is -3.96. The van der Waals surface area contributed by atoms with Crippen LogP contribution in [-0.4, -0.2) is 46.6 Å². The van der Waals surface area contributed by atoms with Crippen molar-refractivity contribution in [2.75, 3.05) is 6.54 Å². The monoisotopic (exact) mass is 511 g/mol. The normalized spacial score (nSPS) is 13.3. The van der Waals surface area contributed by atoms with Crippen molar-refractivity contribution in [1.82, 2.24) is 15.6 Å². The van der Waals surface area contributed by atoms with Gasteiger partial charge in [0.15, 0.2) is 0 Å². The highest BCUT2D eigenvalue weighted by molar-refractivity contribution is 7.91. The highest BCUT2D eigenvalue weighted by Gasteiger charge is 2.28. The van der Waals surface area contributed by atoms with Crippen molar-refractivity contribution in [2.24, 2.45) is 0 Å². The van der Waals surface area contributed by atoms with Crippen molar-refractivity contribution < 1.29 is 33.1 Å². The van der Waals surface area contributed by atoms with E-state index in [0.29, 0.717) is 17.7 Å². The molecule has 0 amide bonds. The molecule has 0 radical (unpaired) electrons. The molecule has 4 N–H and O–H groups in total. The molecular weight excluding hydrogens is 486 g/mol. The van der Waals surface area contributed by atoms with Crippen molar-refractivity contribution in [2.45, 2.75) is 35.4 Å². The third-order valence-corrected chi connectivity index (χ3v) is 7.04. The summed E-state index contributed by atoms with van der Waals surface area (Å²) in [4.78, 5) is 0.0494. The molecule has 4 rings (SSSR count). The molecular formula is C25H25N3O7S. The number of aliphatic hydroxyl groups is 1. The van der Waals surface area contributed by atoms with Gasteiger partial charge in [-0.25, -0.2) is 13.0 Å². The highest BCUT2D eigenvalue weighted by atomic mass is 32.2. The number of hydrogen-bond donors (Lipinski definition) is 4. The van der Waals surface area contributed by atoms with E-state index in [2.05, 4.69) is 20.3 Å². The van der Waals surface area contributed by atoms with Gasteiger partial charge in [0.2, 0.25) is 9.84 Å². The molecule has 0 fully saturated rings. The minimum absolute atomic E-state index is 0.000294. The van der Waals surface area contributed by atoms with E-state index < -0.39 is 21.0 Å². The van der Waals surface area contributed by atoms with E-state index in [9.17, 15) is 23.7 Å². The van der Waals surface area contributed by atoms with Crippen molar-refractivity contribution >= 4 is 9.84 Å². The fourth-order valence-corrected chi connectivity index (χ4v) is 4.76. The Morgan fingerprint density at radius 1 is 0.972 bits per heavy atom. The summed E-state index contributed by atoms with van der Waals surface area (Å²) in [6.07, 6.45) is -0.268. The molecule has 0 aliphatic carbocycles. The lowest BCUT2D eigenvalue weighted by molar-refractivity contribution is 0.170. The van der Waals surface area contributed by atoms with Crippen LogP contribution in [0.4, 0.5) is 0 Å². The summed E-state index contributed by atoms with van der Waals surface area (Å²) < 4.78 is 35.9. The Kier molecular flexibility index (Phi) is 7.53. The fraction of sp³-hybridized carbons (Fsp3) is 0.200. The Morgan fingerprint density at radius 3 is 2.31 bits per heavy atom. The number of aliphatic hydroxyl groups excluding tert-OH is 1. The number of sulfone groups is 1. The predicted molar refractivity (Wildman–Crippen MR) is 129 cm³/mol. The zero-order valence-electron chi connectivity index (χ0n) is 19.3. The molecule has 3 aromatic carbocycles. The van der Waals surface area contributed by atoms with Crippen LogP contribution in [0, 0.1) is 0 Å². The van der Waals surface area contributed by atoms with Crippen LogP contribution >= 0.6 is 0 Å². The number of aromatic nitrogens is 2. The molecule has 188 valence electrons. The van der Waals surface area contributed by atoms with Gasteiger partial charge in [0.1, 0.15) is 17.2 Å². The molecule has 0 bridgehead atoms. The number of aromatic hydroxyl groups is 2. The Labute approximate surface area is 207 Å². The Morgan fingerprint density at radius 2 is 1.64 bits per heavy atom. The quantitative estimate of drug-likeness (QED) is 0.249. The Bertz CT molecular complexity index is 1390. The molecule has 1 aromatic heterocycles. The molecule has 0 spiro atoms. The van der Waals surface area contributed by atoms with Crippen molar-refractivity contribution in [3.05, 3.63) is 83.9 Å². The van der Waals surface area contributed by atoms with Gasteiger partial charge >= 0.3 is 5.88 Å². The molecule has 0 aliphatic rings. The summed E-state index contributed by atoms with van der Waals surface area (Å²) in [5.41, 5.74) is 1.38. The van der Waals surface area contributed by atoms with E-state index in [-0.39, 0.29) is 34.9 Å². The van der Waals surface area contributed by atoms with E-state index in [0.717, 1.165) is 5.56 Å². The maximum Gasteiger partial charge on any atom is 0.301 e. The van der Waals surface area contributed by atoms with Gasteiger partial charge in [-0.1, -0.05) is 30.3 Å². The smallest absolute Gasteiger partial charge is 0.301 e. The molecule has 2 unspecified atom stereocenters. The largest absolute Gasteiger partial charge is 0.508 e. The number of rotatable bonds is 10. The summed E-state index contributed by atoms with van der Waals surface area (Å²) in [6.45, 7) is 2.18. The van der Waals surface area contributed by atoms with Gasteiger partial charge < -0.3 is 25.4 Å². The van der Waals surface area contributed by atoms with E-state index in [1.807, 2.05) is 19.1 Å². The van der Waals surface area contributed by atoms with Crippen LogP contribution < -0.4 is 10.1 Å². The first-order valence-corrected chi connectivity index (χ1v) is 12.5.